The lowest BCUT2D eigenvalue weighted by atomic mass is 9.88. The van der Waals surface area contributed by atoms with E-state index in [1.807, 2.05) is 14.0 Å². The van der Waals surface area contributed by atoms with Crippen molar-refractivity contribution in [2.45, 2.75) is 45.6 Å². The van der Waals surface area contributed by atoms with E-state index in [1.54, 1.807) is 4.68 Å². The zero-order chi connectivity index (χ0) is 14.0. The van der Waals surface area contributed by atoms with E-state index in [0.717, 1.165) is 6.42 Å². The number of nitrogens with zero attached hydrogens (tertiary/aromatic N) is 3. The number of ether oxygens (including phenoxy) is 1. The third-order valence-corrected chi connectivity index (χ3v) is 3.83. The number of rotatable bonds is 3. The second-order valence-electron chi connectivity index (χ2n) is 5.29. The highest BCUT2D eigenvalue weighted by Crippen LogP contribution is 2.30. The summed E-state index contributed by atoms with van der Waals surface area (Å²) in [5.74, 6) is 1.15. The third kappa shape index (κ3) is 2.67. The molecule has 1 fully saturated rings. The Balaban J connectivity index is 2.29. The van der Waals surface area contributed by atoms with Crippen molar-refractivity contribution < 1.29 is 9.94 Å². The molecule has 0 spiro atoms. The van der Waals surface area contributed by atoms with Crippen molar-refractivity contribution in [2.24, 2.45) is 23.9 Å². The normalized spacial score (nSPS) is 24.5. The molecule has 2 unspecified atom stereocenters. The molecule has 2 atom stereocenters. The Morgan fingerprint density at radius 3 is 2.79 bits per heavy atom. The molecule has 1 aliphatic rings. The van der Waals surface area contributed by atoms with Crippen molar-refractivity contribution in [3.63, 3.8) is 0 Å². The minimum atomic E-state index is 0.0454. The maximum Gasteiger partial charge on any atom is 0.223 e. The summed E-state index contributed by atoms with van der Waals surface area (Å²) in [6.07, 6.45) is 4.85. The van der Waals surface area contributed by atoms with Gasteiger partial charge in [0.25, 0.3) is 0 Å². The number of hydrogen-bond acceptors (Lipinski definition) is 4. The Morgan fingerprint density at radius 1 is 1.47 bits per heavy atom. The minimum absolute atomic E-state index is 0.0454. The Morgan fingerprint density at radius 2 is 2.16 bits per heavy atom. The predicted octanol–water partition coefficient (Wildman–Crippen LogP) is 1.78. The molecular weight excluding hydrogens is 244 g/mol. The molecule has 0 aliphatic heterocycles. The first kappa shape index (κ1) is 13.7. The molecule has 1 aromatic rings. The second-order valence-corrected chi connectivity index (χ2v) is 5.29. The molecule has 3 N–H and O–H groups in total. The fraction of sp³-hybridized carbons (Fsp3) is 0.692. The van der Waals surface area contributed by atoms with Crippen LogP contribution in [-0.4, -0.2) is 26.9 Å². The van der Waals surface area contributed by atoms with Gasteiger partial charge in [0.05, 0.1) is 5.69 Å². The number of hydrogen-bond donors (Lipinski definition) is 2. The van der Waals surface area contributed by atoms with Gasteiger partial charge in [-0.25, -0.2) is 4.68 Å². The number of oxime groups is 1. The average Bonchev–Trinajstić information content (AvgIpc) is 2.66. The first-order valence-corrected chi connectivity index (χ1v) is 6.72. The van der Waals surface area contributed by atoms with Crippen LogP contribution in [0.1, 0.15) is 43.9 Å². The van der Waals surface area contributed by atoms with Crippen LogP contribution in [0.5, 0.6) is 5.88 Å². The van der Waals surface area contributed by atoms with E-state index < -0.39 is 0 Å². The third-order valence-electron chi connectivity index (χ3n) is 3.83. The summed E-state index contributed by atoms with van der Waals surface area (Å²) < 4.78 is 7.76. The summed E-state index contributed by atoms with van der Waals surface area (Å²) >= 11 is 0. The molecule has 1 saturated carbocycles. The molecule has 1 heterocycles. The van der Waals surface area contributed by atoms with Crippen LogP contribution in [-0.2, 0) is 7.05 Å². The Hall–Kier alpha value is -1.72. The quantitative estimate of drug-likeness (QED) is 0.378. The van der Waals surface area contributed by atoms with E-state index in [-0.39, 0.29) is 11.9 Å². The molecule has 0 aromatic carbocycles. The SMILES string of the molecule is Cc1nn(C)c(OC2CCCCC2C)c1C(N)=NO. The van der Waals surface area contributed by atoms with Gasteiger partial charge in [0.2, 0.25) is 5.88 Å². The first-order chi connectivity index (χ1) is 9.04. The maximum absolute atomic E-state index is 8.87. The van der Waals surface area contributed by atoms with Gasteiger partial charge in [-0.3, -0.25) is 0 Å². The standard InChI is InChI=1S/C13H22N4O2/c1-8-6-4-5-7-10(8)19-13-11(12(14)16-18)9(2)15-17(13)3/h8,10,18H,4-7H2,1-3H3,(H2,14,16). The summed E-state index contributed by atoms with van der Waals surface area (Å²) in [5.41, 5.74) is 7.01. The van der Waals surface area contributed by atoms with Gasteiger partial charge in [0, 0.05) is 7.05 Å². The Labute approximate surface area is 113 Å². The van der Waals surface area contributed by atoms with Crippen LogP contribution >= 0.6 is 0 Å². The molecule has 19 heavy (non-hydrogen) atoms. The van der Waals surface area contributed by atoms with E-state index in [4.69, 9.17) is 15.7 Å². The topological polar surface area (TPSA) is 85.7 Å². The van der Waals surface area contributed by atoms with Crippen LogP contribution < -0.4 is 10.5 Å². The van der Waals surface area contributed by atoms with Crippen LogP contribution in [0.25, 0.3) is 0 Å². The molecule has 0 radical (unpaired) electrons. The van der Waals surface area contributed by atoms with Crippen LogP contribution in [0.3, 0.4) is 0 Å². The van der Waals surface area contributed by atoms with Gasteiger partial charge in [-0.05, 0) is 32.1 Å². The summed E-state index contributed by atoms with van der Waals surface area (Å²) in [7, 11) is 1.81. The lowest BCUT2D eigenvalue weighted by molar-refractivity contribution is 0.0926. The second kappa shape index (κ2) is 5.50. The maximum atomic E-state index is 8.87. The van der Waals surface area contributed by atoms with E-state index in [9.17, 15) is 0 Å². The minimum Gasteiger partial charge on any atom is -0.474 e. The van der Waals surface area contributed by atoms with Crippen molar-refractivity contribution in [1.82, 2.24) is 9.78 Å². The van der Waals surface area contributed by atoms with Crippen LogP contribution in [0.15, 0.2) is 5.16 Å². The van der Waals surface area contributed by atoms with Gasteiger partial charge in [0.15, 0.2) is 5.84 Å². The first-order valence-electron chi connectivity index (χ1n) is 6.72. The van der Waals surface area contributed by atoms with E-state index in [0.29, 0.717) is 23.1 Å². The van der Waals surface area contributed by atoms with Crippen LogP contribution in [0.2, 0.25) is 0 Å². The highest BCUT2D eigenvalue weighted by atomic mass is 16.5. The molecule has 0 saturated heterocycles. The number of aryl methyl sites for hydroxylation is 2. The summed E-state index contributed by atoms with van der Waals surface area (Å²) in [6.45, 7) is 4.03. The van der Waals surface area contributed by atoms with Gasteiger partial charge < -0.3 is 15.7 Å². The van der Waals surface area contributed by atoms with E-state index in [1.165, 1.54) is 19.3 Å². The lowest BCUT2D eigenvalue weighted by Crippen LogP contribution is -2.30. The molecular formula is C13H22N4O2. The number of aromatic nitrogens is 2. The average molecular weight is 266 g/mol. The van der Waals surface area contributed by atoms with Crippen molar-refractivity contribution in [3.8, 4) is 5.88 Å². The Bertz CT molecular complexity index is 481. The zero-order valence-corrected chi connectivity index (χ0v) is 11.8. The smallest absolute Gasteiger partial charge is 0.223 e. The molecule has 106 valence electrons. The fourth-order valence-corrected chi connectivity index (χ4v) is 2.72. The molecule has 1 aromatic heterocycles. The molecule has 2 rings (SSSR count). The fourth-order valence-electron chi connectivity index (χ4n) is 2.72. The highest BCUT2D eigenvalue weighted by molar-refractivity contribution is 6.00. The molecule has 0 amide bonds. The van der Waals surface area contributed by atoms with Crippen molar-refractivity contribution in [3.05, 3.63) is 11.3 Å². The number of nitrogens with two attached hydrogens (primary N) is 1. The number of amidine groups is 1. The Kier molecular flexibility index (Phi) is 3.97. The van der Waals surface area contributed by atoms with Gasteiger partial charge in [-0.2, -0.15) is 5.10 Å². The summed E-state index contributed by atoms with van der Waals surface area (Å²) in [5, 5.41) is 16.2. The summed E-state index contributed by atoms with van der Waals surface area (Å²) in [4.78, 5) is 0. The van der Waals surface area contributed by atoms with E-state index in [2.05, 4.69) is 17.2 Å². The van der Waals surface area contributed by atoms with Crippen LogP contribution in [0.4, 0.5) is 0 Å². The summed E-state index contributed by atoms with van der Waals surface area (Å²) in [6, 6.07) is 0. The van der Waals surface area contributed by atoms with Gasteiger partial charge in [-0.1, -0.05) is 18.5 Å². The van der Waals surface area contributed by atoms with Crippen molar-refractivity contribution >= 4 is 5.84 Å². The van der Waals surface area contributed by atoms with Crippen LogP contribution in [0, 0.1) is 12.8 Å². The van der Waals surface area contributed by atoms with E-state index >= 15 is 0 Å². The zero-order valence-electron chi connectivity index (χ0n) is 11.8. The van der Waals surface area contributed by atoms with Gasteiger partial charge in [-0.15, -0.1) is 0 Å². The van der Waals surface area contributed by atoms with Crippen molar-refractivity contribution in [2.75, 3.05) is 0 Å². The molecule has 0 bridgehead atoms. The monoisotopic (exact) mass is 266 g/mol. The molecule has 6 heteroatoms. The molecule has 1 aliphatic carbocycles. The van der Waals surface area contributed by atoms with Crippen molar-refractivity contribution in [1.29, 1.82) is 0 Å². The lowest BCUT2D eigenvalue weighted by Gasteiger charge is -2.29. The van der Waals surface area contributed by atoms with Gasteiger partial charge in [0.1, 0.15) is 11.7 Å². The predicted molar refractivity (Wildman–Crippen MR) is 72.5 cm³/mol. The largest absolute Gasteiger partial charge is 0.474 e. The highest BCUT2D eigenvalue weighted by Gasteiger charge is 2.27. The van der Waals surface area contributed by atoms with Gasteiger partial charge >= 0.3 is 0 Å². The molecule has 6 nitrogen and oxygen atoms in total.